The maximum Gasteiger partial charge on any atom is 0.358 e. The van der Waals surface area contributed by atoms with Crippen LogP contribution in [0.25, 0.3) is 0 Å². The second kappa shape index (κ2) is 5.20. The molecule has 1 saturated carbocycles. The molecule has 1 aromatic heterocycles. The number of ether oxygens (including phenoxy) is 1. The minimum Gasteiger partial charge on any atom is -0.476 e. The summed E-state index contributed by atoms with van der Waals surface area (Å²) in [7, 11) is 0. The Morgan fingerprint density at radius 3 is 3.05 bits per heavy atom. The Balaban J connectivity index is 1.67. The van der Waals surface area contributed by atoms with Crippen molar-refractivity contribution in [2.45, 2.75) is 38.0 Å². The zero-order valence-electron chi connectivity index (χ0n) is 10.9. The van der Waals surface area contributed by atoms with Gasteiger partial charge in [0.25, 0.3) is 0 Å². The van der Waals surface area contributed by atoms with Crippen LogP contribution in [0.4, 0.5) is 0 Å². The monoisotopic (exact) mass is 280 g/mol. The van der Waals surface area contributed by atoms with Gasteiger partial charge in [-0.15, -0.1) is 5.10 Å². The van der Waals surface area contributed by atoms with Crippen molar-refractivity contribution in [1.82, 2.24) is 19.9 Å². The summed E-state index contributed by atoms with van der Waals surface area (Å²) in [5.74, 6) is -1.21. The zero-order chi connectivity index (χ0) is 14.1. The van der Waals surface area contributed by atoms with E-state index in [0.717, 1.165) is 19.3 Å². The van der Waals surface area contributed by atoms with Gasteiger partial charge in [0.2, 0.25) is 5.91 Å². The third-order valence-electron chi connectivity index (χ3n) is 3.86. The highest BCUT2D eigenvalue weighted by Gasteiger charge is 2.38. The minimum absolute atomic E-state index is 0.0174. The third-order valence-corrected chi connectivity index (χ3v) is 3.86. The summed E-state index contributed by atoms with van der Waals surface area (Å²) >= 11 is 0. The topological polar surface area (TPSA) is 97.5 Å². The smallest absolute Gasteiger partial charge is 0.358 e. The van der Waals surface area contributed by atoms with Gasteiger partial charge in [-0.25, -0.2) is 9.48 Å². The van der Waals surface area contributed by atoms with Crippen LogP contribution >= 0.6 is 0 Å². The SMILES string of the molecule is O=C(O)c1cn(CC(=O)N2CCOC3CCCC32)nn1. The van der Waals surface area contributed by atoms with Crippen LogP contribution in [-0.4, -0.2) is 62.2 Å². The molecule has 0 aromatic carbocycles. The van der Waals surface area contributed by atoms with Gasteiger partial charge in [0.15, 0.2) is 5.69 Å². The molecular formula is C12H16N4O4. The normalized spacial score (nSPS) is 25.5. The Morgan fingerprint density at radius 2 is 2.30 bits per heavy atom. The number of aromatic nitrogens is 3. The van der Waals surface area contributed by atoms with E-state index in [-0.39, 0.29) is 30.3 Å². The number of aromatic carboxylic acids is 1. The van der Waals surface area contributed by atoms with Gasteiger partial charge in [0.05, 0.1) is 24.9 Å². The summed E-state index contributed by atoms with van der Waals surface area (Å²) in [6.07, 6.45) is 4.46. The van der Waals surface area contributed by atoms with E-state index in [9.17, 15) is 9.59 Å². The summed E-state index contributed by atoms with van der Waals surface area (Å²) in [6.45, 7) is 1.16. The second-order valence-corrected chi connectivity index (χ2v) is 5.10. The second-order valence-electron chi connectivity index (χ2n) is 5.10. The number of nitrogens with zero attached hydrogens (tertiary/aromatic N) is 4. The molecule has 2 fully saturated rings. The van der Waals surface area contributed by atoms with Crippen LogP contribution < -0.4 is 0 Å². The Kier molecular flexibility index (Phi) is 3.39. The van der Waals surface area contributed by atoms with Crippen molar-refractivity contribution in [3.63, 3.8) is 0 Å². The van der Waals surface area contributed by atoms with Crippen LogP contribution in [0.3, 0.4) is 0 Å². The molecule has 0 radical (unpaired) electrons. The lowest BCUT2D eigenvalue weighted by Gasteiger charge is -2.37. The summed E-state index contributed by atoms with van der Waals surface area (Å²) in [4.78, 5) is 24.9. The molecule has 1 saturated heterocycles. The van der Waals surface area contributed by atoms with E-state index >= 15 is 0 Å². The van der Waals surface area contributed by atoms with Crippen LogP contribution in [0.1, 0.15) is 29.8 Å². The highest BCUT2D eigenvalue weighted by atomic mass is 16.5. The van der Waals surface area contributed by atoms with Gasteiger partial charge < -0.3 is 14.7 Å². The van der Waals surface area contributed by atoms with Crippen molar-refractivity contribution in [1.29, 1.82) is 0 Å². The molecule has 1 amide bonds. The van der Waals surface area contributed by atoms with Crippen molar-refractivity contribution in [2.24, 2.45) is 0 Å². The molecule has 0 bridgehead atoms. The van der Waals surface area contributed by atoms with Crippen LogP contribution in [-0.2, 0) is 16.1 Å². The van der Waals surface area contributed by atoms with Crippen LogP contribution in [0.5, 0.6) is 0 Å². The first-order chi connectivity index (χ1) is 9.65. The highest BCUT2D eigenvalue weighted by molar-refractivity contribution is 5.84. The number of hydrogen-bond acceptors (Lipinski definition) is 5. The van der Waals surface area contributed by atoms with Gasteiger partial charge >= 0.3 is 5.97 Å². The van der Waals surface area contributed by atoms with E-state index < -0.39 is 5.97 Å². The van der Waals surface area contributed by atoms with Gasteiger partial charge in [-0.05, 0) is 19.3 Å². The molecule has 2 unspecified atom stereocenters. The summed E-state index contributed by atoms with van der Waals surface area (Å²) < 4.78 is 6.93. The van der Waals surface area contributed by atoms with Gasteiger partial charge in [0, 0.05) is 6.54 Å². The van der Waals surface area contributed by atoms with Gasteiger partial charge in [-0.3, -0.25) is 4.79 Å². The molecule has 0 spiro atoms. The number of carbonyl (C=O) groups is 2. The van der Waals surface area contributed by atoms with E-state index in [4.69, 9.17) is 9.84 Å². The first kappa shape index (κ1) is 13.0. The molecule has 2 heterocycles. The molecule has 2 aliphatic rings. The van der Waals surface area contributed by atoms with Crippen molar-refractivity contribution in [3.05, 3.63) is 11.9 Å². The fourth-order valence-corrected chi connectivity index (χ4v) is 2.94. The van der Waals surface area contributed by atoms with Gasteiger partial charge in [-0.2, -0.15) is 0 Å². The molecule has 8 nitrogen and oxygen atoms in total. The van der Waals surface area contributed by atoms with Crippen LogP contribution in [0, 0.1) is 0 Å². The Labute approximate surface area is 115 Å². The molecule has 1 aromatic rings. The van der Waals surface area contributed by atoms with Gasteiger partial charge in [0.1, 0.15) is 6.54 Å². The molecule has 108 valence electrons. The summed E-state index contributed by atoms with van der Waals surface area (Å²) in [5, 5.41) is 15.9. The van der Waals surface area contributed by atoms with E-state index in [1.54, 1.807) is 0 Å². The lowest BCUT2D eigenvalue weighted by atomic mass is 10.1. The fraction of sp³-hybridized carbons (Fsp3) is 0.667. The quantitative estimate of drug-likeness (QED) is 0.820. The highest BCUT2D eigenvalue weighted by Crippen LogP contribution is 2.29. The number of morpholine rings is 1. The summed E-state index contributed by atoms with van der Waals surface area (Å²) in [5.41, 5.74) is -0.154. The van der Waals surface area contributed by atoms with Crippen LogP contribution in [0.15, 0.2) is 6.20 Å². The first-order valence-electron chi connectivity index (χ1n) is 6.69. The van der Waals surface area contributed by atoms with E-state index in [2.05, 4.69) is 10.3 Å². The molecule has 8 heteroatoms. The van der Waals surface area contributed by atoms with Crippen LogP contribution in [0.2, 0.25) is 0 Å². The largest absolute Gasteiger partial charge is 0.476 e. The van der Waals surface area contributed by atoms with E-state index in [1.807, 2.05) is 4.90 Å². The lowest BCUT2D eigenvalue weighted by Crippen LogP contribution is -2.52. The number of carbonyl (C=O) groups excluding carboxylic acids is 1. The minimum atomic E-state index is -1.15. The number of amides is 1. The molecule has 1 aliphatic heterocycles. The predicted molar refractivity (Wildman–Crippen MR) is 66.1 cm³/mol. The Hall–Kier alpha value is -1.96. The number of fused-ring (bicyclic) bond motifs is 1. The average molecular weight is 280 g/mol. The van der Waals surface area contributed by atoms with Gasteiger partial charge in [-0.1, -0.05) is 5.21 Å². The lowest BCUT2D eigenvalue weighted by molar-refractivity contribution is -0.144. The Morgan fingerprint density at radius 1 is 1.45 bits per heavy atom. The number of rotatable bonds is 3. The third kappa shape index (κ3) is 2.38. The molecular weight excluding hydrogens is 264 g/mol. The van der Waals surface area contributed by atoms with Crippen molar-refractivity contribution in [3.8, 4) is 0 Å². The predicted octanol–water partition coefficient (Wildman–Crippen LogP) is -0.244. The number of hydrogen-bond donors (Lipinski definition) is 1. The standard InChI is InChI=1S/C12H16N4O4/c17-11(7-15-6-8(12(18)19)13-14-15)16-4-5-20-10-3-1-2-9(10)16/h6,9-10H,1-5,7H2,(H,18,19). The molecule has 2 atom stereocenters. The average Bonchev–Trinajstić information content (AvgIpc) is 3.05. The maximum absolute atomic E-state index is 12.3. The maximum atomic E-state index is 12.3. The van der Waals surface area contributed by atoms with Crippen molar-refractivity contribution in [2.75, 3.05) is 13.2 Å². The number of carboxylic acids is 1. The fourth-order valence-electron chi connectivity index (χ4n) is 2.94. The first-order valence-corrected chi connectivity index (χ1v) is 6.69. The summed E-state index contributed by atoms with van der Waals surface area (Å²) in [6, 6.07) is 0.152. The van der Waals surface area contributed by atoms with E-state index in [0.29, 0.717) is 13.2 Å². The zero-order valence-corrected chi connectivity index (χ0v) is 10.9. The molecule has 1 aliphatic carbocycles. The van der Waals surface area contributed by atoms with Crippen molar-refractivity contribution >= 4 is 11.9 Å². The Bertz CT molecular complexity index is 529. The molecule has 3 rings (SSSR count). The molecule has 20 heavy (non-hydrogen) atoms. The van der Waals surface area contributed by atoms with E-state index in [1.165, 1.54) is 10.9 Å². The molecule has 1 N–H and O–H groups in total. The van der Waals surface area contributed by atoms with Crippen molar-refractivity contribution < 1.29 is 19.4 Å². The number of carboxylic acid groups (broad SMARTS) is 1.